The lowest BCUT2D eigenvalue weighted by Crippen LogP contribution is -2.16. The zero-order valence-electron chi connectivity index (χ0n) is 19.9. The normalized spacial score (nSPS) is 18.0. The van der Waals surface area contributed by atoms with Crippen LogP contribution in [0.25, 0.3) is 21.8 Å². The second-order valence-corrected chi connectivity index (χ2v) is 8.57. The van der Waals surface area contributed by atoms with Crippen LogP contribution in [0.3, 0.4) is 0 Å². The first-order valence-corrected chi connectivity index (χ1v) is 11.6. The van der Waals surface area contributed by atoms with Gasteiger partial charge in [0.15, 0.2) is 0 Å². The van der Waals surface area contributed by atoms with Crippen LogP contribution >= 0.6 is 0 Å². The van der Waals surface area contributed by atoms with Crippen LogP contribution in [0.4, 0.5) is 5.69 Å². The van der Waals surface area contributed by atoms with Gasteiger partial charge < -0.3 is 20.4 Å². The molecule has 0 aliphatic carbocycles. The summed E-state index contributed by atoms with van der Waals surface area (Å²) in [6, 6.07) is 12.5. The number of ether oxygens (including phenoxy) is 1. The van der Waals surface area contributed by atoms with Crippen molar-refractivity contribution in [3.05, 3.63) is 77.5 Å². The van der Waals surface area contributed by atoms with Gasteiger partial charge in [-0.05, 0) is 80.3 Å². The summed E-state index contributed by atoms with van der Waals surface area (Å²) in [6.07, 6.45) is 10.9. The molecule has 5 rings (SSSR count). The minimum Gasteiger partial charge on any atom is -0.497 e. The first kappa shape index (κ1) is 21.8. The molecular weight excluding hydrogens is 424 g/mol. The molecule has 3 N–H and O–H groups in total. The molecule has 0 fully saturated rings. The third kappa shape index (κ3) is 4.55. The smallest absolute Gasteiger partial charge is 0.121 e. The number of nitrogens with one attached hydrogen (secondary N) is 3. The van der Waals surface area contributed by atoms with E-state index < -0.39 is 0 Å². The van der Waals surface area contributed by atoms with Crippen molar-refractivity contribution in [3.8, 4) is 5.75 Å². The van der Waals surface area contributed by atoms with Crippen LogP contribution in [-0.4, -0.2) is 34.6 Å². The van der Waals surface area contributed by atoms with E-state index in [0.29, 0.717) is 0 Å². The fraction of sp³-hybridized carbons (Fsp3) is 0.259. The number of methoxy groups -OCH3 is 1. The van der Waals surface area contributed by atoms with Crippen LogP contribution in [0.2, 0.25) is 0 Å². The summed E-state index contributed by atoms with van der Waals surface area (Å²) in [5, 5.41) is 14.0. The Hall–Kier alpha value is -4.00. The predicted octanol–water partition coefficient (Wildman–Crippen LogP) is 5.21. The van der Waals surface area contributed by atoms with E-state index in [9.17, 15) is 0 Å². The van der Waals surface area contributed by atoms with Crippen molar-refractivity contribution in [2.75, 3.05) is 19.0 Å². The van der Waals surface area contributed by atoms with Gasteiger partial charge in [0.1, 0.15) is 11.6 Å². The Morgan fingerprint density at radius 1 is 1.15 bits per heavy atom. The Kier molecular flexibility index (Phi) is 6.08. The van der Waals surface area contributed by atoms with Crippen LogP contribution in [0.15, 0.2) is 71.3 Å². The first-order chi connectivity index (χ1) is 16.6. The van der Waals surface area contributed by atoms with Gasteiger partial charge in [0.2, 0.25) is 0 Å². The number of aromatic nitrogens is 3. The monoisotopic (exact) mass is 454 g/mol. The van der Waals surface area contributed by atoms with Gasteiger partial charge >= 0.3 is 0 Å². The molecule has 0 bridgehead atoms. The molecule has 7 heteroatoms. The second-order valence-electron chi connectivity index (χ2n) is 8.57. The highest BCUT2D eigenvalue weighted by Gasteiger charge is 2.08. The summed E-state index contributed by atoms with van der Waals surface area (Å²) < 4.78 is 7.29. The molecule has 1 aliphatic rings. The third-order valence-electron chi connectivity index (χ3n) is 6.35. The number of anilines is 1. The number of benzene rings is 2. The molecule has 0 saturated carbocycles. The maximum absolute atomic E-state index is 5.37. The molecule has 3 heterocycles. The molecule has 1 aliphatic heterocycles. The van der Waals surface area contributed by atoms with Gasteiger partial charge in [-0.3, -0.25) is 4.68 Å². The largest absolute Gasteiger partial charge is 0.497 e. The number of aliphatic imine (C=N–C) groups is 1. The minimum atomic E-state index is 0.811. The third-order valence-corrected chi connectivity index (χ3v) is 6.35. The first-order valence-electron chi connectivity index (χ1n) is 11.6. The molecule has 0 spiro atoms. The van der Waals surface area contributed by atoms with Crippen molar-refractivity contribution in [1.29, 1.82) is 0 Å². The fourth-order valence-corrected chi connectivity index (χ4v) is 4.34. The minimum absolute atomic E-state index is 0.811. The Bertz CT molecular complexity index is 1420. The lowest BCUT2D eigenvalue weighted by molar-refractivity contribution is 0.415. The molecule has 2 aromatic heterocycles. The highest BCUT2D eigenvalue weighted by Crippen LogP contribution is 2.25. The summed E-state index contributed by atoms with van der Waals surface area (Å²) in [7, 11) is 3.68. The molecule has 174 valence electrons. The maximum atomic E-state index is 5.37. The Balaban J connectivity index is 1.19. The van der Waals surface area contributed by atoms with E-state index in [1.165, 1.54) is 22.0 Å². The fourth-order valence-electron chi connectivity index (χ4n) is 4.34. The molecule has 4 aromatic rings. The highest BCUT2D eigenvalue weighted by molar-refractivity contribution is 5.86. The van der Waals surface area contributed by atoms with E-state index in [4.69, 9.17) is 4.74 Å². The van der Waals surface area contributed by atoms with Crippen molar-refractivity contribution >= 4 is 33.7 Å². The quantitative estimate of drug-likeness (QED) is 0.358. The Morgan fingerprint density at radius 2 is 2.06 bits per heavy atom. The molecule has 0 amide bonds. The van der Waals surface area contributed by atoms with E-state index in [0.717, 1.165) is 59.8 Å². The van der Waals surface area contributed by atoms with E-state index >= 15 is 0 Å². The van der Waals surface area contributed by atoms with Crippen LogP contribution in [-0.2, 0) is 13.5 Å². The zero-order valence-corrected chi connectivity index (χ0v) is 19.9. The number of aromatic amines is 1. The second kappa shape index (κ2) is 9.47. The van der Waals surface area contributed by atoms with Crippen LogP contribution < -0.4 is 15.4 Å². The number of allylic oxidation sites excluding steroid dienone is 3. The van der Waals surface area contributed by atoms with E-state index in [1.807, 2.05) is 24.0 Å². The van der Waals surface area contributed by atoms with E-state index in [1.54, 1.807) is 7.11 Å². The maximum Gasteiger partial charge on any atom is 0.121 e. The predicted molar refractivity (Wildman–Crippen MR) is 140 cm³/mol. The molecule has 0 radical (unpaired) electrons. The lowest BCUT2D eigenvalue weighted by Gasteiger charge is -2.13. The van der Waals surface area contributed by atoms with Gasteiger partial charge in [-0.1, -0.05) is 0 Å². The van der Waals surface area contributed by atoms with Gasteiger partial charge in [0.05, 0.1) is 12.6 Å². The SMILES string of the molecule is COc1ccc2[nH]cc(CCNC3=C\CC\C(Nc4ccc5c(C)n(C)nc5c4)=C/C=N\3)c2c1. The summed E-state index contributed by atoms with van der Waals surface area (Å²) >= 11 is 0. The highest BCUT2D eigenvalue weighted by atomic mass is 16.5. The number of hydrogen-bond acceptors (Lipinski definition) is 5. The molecule has 34 heavy (non-hydrogen) atoms. The average Bonchev–Trinajstić information content (AvgIpc) is 3.36. The molecule has 0 saturated heterocycles. The van der Waals surface area contributed by atoms with Crippen molar-refractivity contribution < 1.29 is 4.74 Å². The van der Waals surface area contributed by atoms with Crippen LogP contribution in [0.5, 0.6) is 5.75 Å². The number of nitrogens with zero attached hydrogens (tertiary/aromatic N) is 3. The summed E-state index contributed by atoms with van der Waals surface area (Å²) in [6.45, 7) is 2.90. The van der Waals surface area contributed by atoms with Crippen molar-refractivity contribution in [2.24, 2.45) is 12.0 Å². The van der Waals surface area contributed by atoms with Crippen molar-refractivity contribution in [2.45, 2.75) is 26.2 Å². The molecule has 0 atom stereocenters. The molecule has 2 aromatic carbocycles. The van der Waals surface area contributed by atoms with Crippen LogP contribution in [0.1, 0.15) is 24.1 Å². The van der Waals surface area contributed by atoms with Gasteiger partial charge in [0.25, 0.3) is 0 Å². The Morgan fingerprint density at radius 3 is 2.94 bits per heavy atom. The zero-order chi connectivity index (χ0) is 23.5. The topological polar surface area (TPSA) is 79.3 Å². The van der Waals surface area contributed by atoms with Crippen LogP contribution in [0, 0.1) is 6.92 Å². The number of rotatable bonds is 7. The summed E-state index contributed by atoms with van der Waals surface area (Å²) in [5.74, 6) is 1.79. The van der Waals surface area contributed by atoms with Gasteiger partial charge in [0, 0.05) is 59.4 Å². The molecular formula is C27H30N6O. The number of fused-ring (bicyclic) bond motifs is 2. The Labute approximate surface area is 199 Å². The number of hydrogen-bond donors (Lipinski definition) is 3. The van der Waals surface area contributed by atoms with Gasteiger partial charge in [-0.25, -0.2) is 4.99 Å². The molecule has 7 nitrogen and oxygen atoms in total. The summed E-state index contributed by atoms with van der Waals surface area (Å²) in [4.78, 5) is 7.95. The van der Waals surface area contributed by atoms with Gasteiger partial charge in [-0.2, -0.15) is 5.10 Å². The van der Waals surface area contributed by atoms with E-state index in [2.05, 4.69) is 81.3 Å². The van der Waals surface area contributed by atoms with E-state index in [-0.39, 0.29) is 0 Å². The number of aryl methyl sites for hydroxylation is 2. The van der Waals surface area contributed by atoms with Crippen molar-refractivity contribution in [1.82, 2.24) is 20.1 Å². The number of H-pyrrole nitrogens is 1. The average molecular weight is 455 g/mol. The lowest BCUT2D eigenvalue weighted by atomic mass is 10.1. The van der Waals surface area contributed by atoms with Gasteiger partial charge in [-0.15, -0.1) is 0 Å². The van der Waals surface area contributed by atoms with Crippen molar-refractivity contribution in [3.63, 3.8) is 0 Å². The standard InChI is InChI=1S/C27H30N6O/c1-18-23-9-7-21(15-26(23)32-33(18)2)31-20-5-4-6-27(29-14-12-20)28-13-11-19-17-30-25-10-8-22(34-3)16-24(19)25/h6-10,12,14-17,28,30-31H,4-5,11,13H2,1-3H3/b20-12+,27-6+,29-14-. The summed E-state index contributed by atoms with van der Waals surface area (Å²) in [5.41, 5.74) is 6.76. The molecule has 0 unspecified atom stereocenters.